The molecule has 0 saturated carbocycles. The van der Waals surface area contributed by atoms with E-state index in [0.717, 1.165) is 57.6 Å². The molecule has 1 amide bonds. The first-order valence-electron chi connectivity index (χ1n) is 7.36. The molecule has 0 radical (unpaired) electrons. The van der Waals surface area contributed by atoms with Gasteiger partial charge in [0.15, 0.2) is 0 Å². The summed E-state index contributed by atoms with van der Waals surface area (Å²) in [4.78, 5) is 15.7. The van der Waals surface area contributed by atoms with Gasteiger partial charge in [0.25, 0.3) is 0 Å². The SMILES string of the molecule is CN1C[C@]2(CCCN(CCCc3ccco3)C2)OC1=O. The van der Waals surface area contributed by atoms with Gasteiger partial charge in [0.05, 0.1) is 12.8 Å². The number of carbonyl (C=O) groups is 1. The highest BCUT2D eigenvalue weighted by molar-refractivity contribution is 5.70. The average molecular weight is 278 g/mol. The number of likely N-dealkylation sites (N-methyl/N-ethyl adjacent to an activating group) is 1. The number of amides is 1. The molecule has 0 aliphatic carbocycles. The van der Waals surface area contributed by atoms with Crippen molar-refractivity contribution in [3.63, 3.8) is 0 Å². The zero-order valence-corrected chi connectivity index (χ0v) is 12.0. The standard InChI is InChI=1S/C15H22N2O3/c1-16-11-15(20-14(16)18)7-4-9-17(12-15)8-2-5-13-6-3-10-19-13/h3,6,10H,2,4-5,7-9,11-12H2,1H3/t15-/m0/s1. The Kier molecular flexibility index (Phi) is 3.70. The summed E-state index contributed by atoms with van der Waals surface area (Å²) in [5.41, 5.74) is -0.269. The summed E-state index contributed by atoms with van der Waals surface area (Å²) in [6, 6.07) is 3.95. The van der Waals surface area contributed by atoms with Crippen LogP contribution in [0.1, 0.15) is 25.0 Å². The van der Waals surface area contributed by atoms with Crippen molar-refractivity contribution >= 4 is 6.09 Å². The fourth-order valence-corrected chi connectivity index (χ4v) is 3.32. The van der Waals surface area contributed by atoms with E-state index in [1.54, 1.807) is 11.2 Å². The van der Waals surface area contributed by atoms with Crippen LogP contribution in [0.25, 0.3) is 0 Å². The van der Waals surface area contributed by atoms with Crippen LogP contribution >= 0.6 is 0 Å². The van der Waals surface area contributed by atoms with E-state index in [1.165, 1.54) is 0 Å². The van der Waals surface area contributed by atoms with E-state index >= 15 is 0 Å². The maximum absolute atomic E-state index is 11.6. The minimum Gasteiger partial charge on any atom is -0.469 e. The van der Waals surface area contributed by atoms with E-state index in [0.29, 0.717) is 0 Å². The smallest absolute Gasteiger partial charge is 0.410 e. The number of rotatable bonds is 4. The van der Waals surface area contributed by atoms with Gasteiger partial charge in [-0.3, -0.25) is 4.90 Å². The van der Waals surface area contributed by atoms with E-state index in [1.807, 2.05) is 19.2 Å². The van der Waals surface area contributed by atoms with Crippen molar-refractivity contribution in [2.75, 3.05) is 33.2 Å². The third kappa shape index (κ3) is 2.82. The Bertz CT molecular complexity index is 460. The summed E-state index contributed by atoms with van der Waals surface area (Å²) in [5.74, 6) is 1.05. The van der Waals surface area contributed by atoms with Crippen molar-refractivity contribution in [1.82, 2.24) is 9.80 Å². The van der Waals surface area contributed by atoms with Gasteiger partial charge >= 0.3 is 6.09 Å². The number of nitrogens with zero attached hydrogens (tertiary/aromatic N) is 2. The highest BCUT2D eigenvalue weighted by Gasteiger charge is 2.46. The summed E-state index contributed by atoms with van der Waals surface area (Å²) in [6.45, 7) is 3.71. The normalized spacial score (nSPS) is 27.2. The molecule has 2 aliphatic heterocycles. The van der Waals surface area contributed by atoms with Crippen molar-refractivity contribution in [2.45, 2.75) is 31.3 Å². The molecule has 1 aromatic heterocycles. The van der Waals surface area contributed by atoms with Crippen LogP contribution in [0.4, 0.5) is 4.79 Å². The highest BCUT2D eigenvalue weighted by Crippen LogP contribution is 2.31. The van der Waals surface area contributed by atoms with Gasteiger partial charge in [-0.15, -0.1) is 0 Å². The lowest BCUT2D eigenvalue weighted by molar-refractivity contribution is -0.00898. The van der Waals surface area contributed by atoms with Crippen LogP contribution in [0.15, 0.2) is 22.8 Å². The van der Waals surface area contributed by atoms with Crippen LogP contribution in [0.2, 0.25) is 0 Å². The Balaban J connectivity index is 1.50. The second-order valence-corrected chi connectivity index (χ2v) is 5.97. The number of furan rings is 1. The molecule has 1 aromatic rings. The monoisotopic (exact) mass is 278 g/mol. The third-order valence-corrected chi connectivity index (χ3v) is 4.24. The van der Waals surface area contributed by atoms with Gasteiger partial charge < -0.3 is 14.1 Å². The molecule has 5 nitrogen and oxygen atoms in total. The Morgan fingerprint density at radius 1 is 1.40 bits per heavy atom. The average Bonchev–Trinajstić information content (AvgIpc) is 3.00. The molecule has 0 unspecified atom stereocenters. The molecule has 0 aromatic carbocycles. The molecule has 20 heavy (non-hydrogen) atoms. The fourth-order valence-electron chi connectivity index (χ4n) is 3.32. The van der Waals surface area contributed by atoms with E-state index in [-0.39, 0.29) is 11.7 Å². The summed E-state index contributed by atoms with van der Waals surface area (Å²) in [7, 11) is 1.81. The lowest BCUT2D eigenvalue weighted by atomic mass is 9.92. The topological polar surface area (TPSA) is 45.9 Å². The van der Waals surface area contributed by atoms with Crippen molar-refractivity contribution in [3.05, 3.63) is 24.2 Å². The summed E-state index contributed by atoms with van der Waals surface area (Å²) >= 11 is 0. The molecular formula is C15H22N2O3. The molecule has 1 spiro atoms. The maximum atomic E-state index is 11.6. The first-order chi connectivity index (χ1) is 9.67. The first kappa shape index (κ1) is 13.5. The van der Waals surface area contributed by atoms with Gasteiger partial charge in [0.1, 0.15) is 11.4 Å². The second-order valence-electron chi connectivity index (χ2n) is 5.97. The van der Waals surface area contributed by atoms with Crippen molar-refractivity contribution in [2.24, 2.45) is 0 Å². The first-order valence-corrected chi connectivity index (χ1v) is 7.36. The number of hydrogen-bond acceptors (Lipinski definition) is 4. The van der Waals surface area contributed by atoms with Crippen molar-refractivity contribution in [1.29, 1.82) is 0 Å². The number of piperidine rings is 1. The number of carbonyl (C=O) groups excluding carboxylic acids is 1. The van der Waals surface area contributed by atoms with Gasteiger partial charge in [-0.25, -0.2) is 4.79 Å². The molecule has 2 aliphatic rings. The summed E-state index contributed by atoms with van der Waals surface area (Å²) in [5, 5.41) is 0. The van der Waals surface area contributed by atoms with Gasteiger partial charge in [0.2, 0.25) is 0 Å². The molecule has 1 atom stereocenters. The molecule has 110 valence electrons. The number of ether oxygens (including phenoxy) is 1. The molecular weight excluding hydrogens is 256 g/mol. The van der Waals surface area contributed by atoms with E-state index in [9.17, 15) is 4.79 Å². The van der Waals surface area contributed by atoms with Crippen molar-refractivity contribution in [3.8, 4) is 0 Å². The van der Waals surface area contributed by atoms with Gasteiger partial charge in [0, 0.05) is 20.0 Å². The van der Waals surface area contributed by atoms with E-state index in [2.05, 4.69) is 4.90 Å². The van der Waals surface area contributed by atoms with Crippen LogP contribution in [-0.4, -0.2) is 54.7 Å². The predicted octanol–water partition coefficient (Wildman–Crippen LogP) is 2.13. The molecule has 2 fully saturated rings. The number of likely N-dealkylation sites (tertiary alicyclic amines) is 1. The van der Waals surface area contributed by atoms with Gasteiger partial charge in [-0.05, 0) is 44.5 Å². The van der Waals surface area contributed by atoms with E-state index in [4.69, 9.17) is 9.15 Å². The van der Waals surface area contributed by atoms with Crippen LogP contribution in [0.5, 0.6) is 0 Å². The quantitative estimate of drug-likeness (QED) is 0.846. The molecule has 0 bridgehead atoms. The number of aryl methyl sites for hydroxylation is 1. The number of hydrogen-bond donors (Lipinski definition) is 0. The van der Waals surface area contributed by atoms with Crippen LogP contribution in [0.3, 0.4) is 0 Å². The molecule has 3 rings (SSSR count). The predicted molar refractivity (Wildman–Crippen MR) is 74.5 cm³/mol. The molecule has 3 heterocycles. The Morgan fingerprint density at radius 3 is 3.00 bits per heavy atom. The van der Waals surface area contributed by atoms with Gasteiger partial charge in [-0.2, -0.15) is 0 Å². The molecule has 0 N–H and O–H groups in total. The molecule has 2 saturated heterocycles. The summed E-state index contributed by atoms with van der Waals surface area (Å²) in [6.07, 6.45) is 5.67. The van der Waals surface area contributed by atoms with Gasteiger partial charge in [-0.1, -0.05) is 0 Å². The summed E-state index contributed by atoms with van der Waals surface area (Å²) < 4.78 is 11.0. The molecule has 5 heteroatoms. The zero-order chi connectivity index (χ0) is 14.0. The van der Waals surface area contributed by atoms with Crippen molar-refractivity contribution < 1.29 is 13.9 Å². The van der Waals surface area contributed by atoms with Crippen LogP contribution < -0.4 is 0 Å². The second kappa shape index (κ2) is 5.48. The Labute approximate surface area is 119 Å². The third-order valence-electron chi connectivity index (χ3n) is 4.24. The lowest BCUT2D eigenvalue weighted by Crippen LogP contribution is -2.50. The minimum absolute atomic E-state index is 0.178. The lowest BCUT2D eigenvalue weighted by Gasteiger charge is -2.38. The van der Waals surface area contributed by atoms with Crippen LogP contribution in [0, 0.1) is 0 Å². The van der Waals surface area contributed by atoms with Crippen LogP contribution in [-0.2, 0) is 11.2 Å². The zero-order valence-electron chi connectivity index (χ0n) is 12.0. The largest absolute Gasteiger partial charge is 0.469 e. The highest BCUT2D eigenvalue weighted by atomic mass is 16.6. The fraction of sp³-hybridized carbons (Fsp3) is 0.667. The maximum Gasteiger partial charge on any atom is 0.410 e. The Morgan fingerprint density at radius 2 is 2.30 bits per heavy atom. The van der Waals surface area contributed by atoms with E-state index < -0.39 is 0 Å². The Hall–Kier alpha value is -1.49. The minimum atomic E-state index is -0.269.